The highest BCUT2D eigenvalue weighted by Crippen LogP contribution is 2.47. The van der Waals surface area contributed by atoms with Crippen LogP contribution in [0.25, 0.3) is 22.2 Å². The first-order chi connectivity index (χ1) is 15.1. The van der Waals surface area contributed by atoms with Crippen LogP contribution in [0.15, 0.2) is 53.6 Å². The first kappa shape index (κ1) is 20.3. The molecule has 8 nitrogen and oxygen atoms in total. The number of nitrogens with zero attached hydrogens (tertiary/aromatic N) is 2. The lowest BCUT2D eigenvalue weighted by atomic mass is 9.97. The lowest BCUT2D eigenvalue weighted by Crippen LogP contribution is -2.18. The standard InChI is InChI=1S/C23H23N3O5/c1-28-16-7-5-14(6-8-16)20-15(11-19(29-2)21(30-3)22(20)31-4)13-26-18-9-10-24-12-17(18)25-23(26)27/h5-12H,13H2,1-4H3,(H,25,27). The van der Waals surface area contributed by atoms with Crippen molar-refractivity contribution in [3.05, 3.63) is 64.8 Å². The SMILES string of the molecule is COc1ccc(-c2c(Cn3c(=O)[nH]c4cnccc43)cc(OC)c(OC)c2OC)cc1. The zero-order chi connectivity index (χ0) is 22.0. The van der Waals surface area contributed by atoms with Crippen LogP contribution >= 0.6 is 0 Å². The number of rotatable bonds is 7. The molecule has 2 aromatic carbocycles. The van der Waals surface area contributed by atoms with Crippen LogP contribution in [0.4, 0.5) is 0 Å². The highest BCUT2D eigenvalue weighted by Gasteiger charge is 2.23. The molecule has 4 aromatic rings. The molecule has 4 rings (SSSR count). The molecule has 0 aliphatic heterocycles. The van der Waals surface area contributed by atoms with Crippen LogP contribution in [0.3, 0.4) is 0 Å². The Balaban J connectivity index is 1.97. The fourth-order valence-corrected chi connectivity index (χ4v) is 3.74. The van der Waals surface area contributed by atoms with Crippen LogP contribution in [-0.4, -0.2) is 43.0 Å². The van der Waals surface area contributed by atoms with Gasteiger partial charge in [0.2, 0.25) is 5.75 Å². The van der Waals surface area contributed by atoms with Crippen LogP contribution in [0.2, 0.25) is 0 Å². The Labute approximate surface area is 179 Å². The number of pyridine rings is 1. The van der Waals surface area contributed by atoms with E-state index in [4.69, 9.17) is 18.9 Å². The Morgan fingerprint density at radius 2 is 1.68 bits per heavy atom. The molecule has 0 amide bonds. The predicted molar refractivity (Wildman–Crippen MR) is 118 cm³/mol. The minimum atomic E-state index is -0.225. The molecule has 0 unspecified atom stereocenters. The summed E-state index contributed by atoms with van der Waals surface area (Å²) in [6, 6.07) is 11.3. The van der Waals surface area contributed by atoms with Crippen molar-refractivity contribution >= 4 is 11.0 Å². The fourth-order valence-electron chi connectivity index (χ4n) is 3.74. The number of fused-ring (bicyclic) bond motifs is 1. The molecule has 8 heteroatoms. The maximum absolute atomic E-state index is 12.7. The molecule has 0 aliphatic carbocycles. The van der Waals surface area contributed by atoms with Gasteiger partial charge in [-0.15, -0.1) is 0 Å². The lowest BCUT2D eigenvalue weighted by molar-refractivity contribution is 0.324. The van der Waals surface area contributed by atoms with E-state index >= 15 is 0 Å². The normalized spacial score (nSPS) is 10.8. The van der Waals surface area contributed by atoms with Gasteiger partial charge in [0.25, 0.3) is 0 Å². The number of benzene rings is 2. The van der Waals surface area contributed by atoms with Crippen molar-refractivity contribution in [1.82, 2.24) is 14.5 Å². The van der Waals surface area contributed by atoms with E-state index in [1.807, 2.05) is 30.3 Å². The second-order valence-corrected chi connectivity index (χ2v) is 6.82. The molecule has 0 saturated carbocycles. The molecule has 1 N–H and O–H groups in total. The predicted octanol–water partition coefficient (Wildman–Crippen LogP) is 3.47. The largest absolute Gasteiger partial charge is 0.497 e. The number of methoxy groups -OCH3 is 4. The van der Waals surface area contributed by atoms with Gasteiger partial charge in [-0.2, -0.15) is 0 Å². The van der Waals surface area contributed by atoms with Crippen molar-refractivity contribution in [2.75, 3.05) is 28.4 Å². The van der Waals surface area contributed by atoms with Gasteiger partial charge in [0, 0.05) is 11.8 Å². The van der Waals surface area contributed by atoms with E-state index in [0.717, 1.165) is 28.0 Å². The molecule has 2 aromatic heterocycles. The lowest BCUT2D eigenvalue weighted by Gasteiger charge is -2.20. The summed E-state index contributed by atoms with van der Waals surface area (Å²) >= 11 is 0. The molecule has 0 atom stereocenters. The smallest absolute Gasteiger partial charge is 0.326 e. The van der Waals surface area contributed by atoms with Gasteiger partial charge < -0.3 is 23.9 Å². The maximum Gasteiger partial charge on any atom is 0.326 e. The Kier molecular flexibility index (Phi) is 5.53. The van der Waals surface area contributed by atoms with E-state index < -0.39 is 0 Å². The summed E-state index contributed by atoms with van der Waals surface area (Å²) < 4.78 is 23.9. The highest BCUT2D eigenvalue weighted by molar-refractivity contribution is 5.81. The zero-order valence-electron chi connectivity index (χ0n) is 17.8. The van der Waals surface area contributed by atoms with E-state index in [9.17, 15) is 4.79 Å². The van der Waals surface area contributed by atoms with Crippen LogP contribution < -0.4 is 24.6 Å². The van der Waals surface area contributed by atoms with Crippen LogP contribution in [0, 0.1) is 0 Å². The average molecular weight is 421 g/mol. The summed E-state index contributed by atoms with van der Waals surface area (Å²) in [4.78, 5) is 19.6. The molecule has 0 radical (unpaired) electrons. The molecule has 0 bridgehead atoms. The number of imidazole rings is 1. The van der Waals surface area contributed by atoms with Gasteiger partial charge in [-0.25, -0.2) is 4.79 Å². The molecule has 0 spiro atoms. The van der Waals surface area contributed by atoms with E-state index in [1.54, 1.807) is 51.5 Å². The van der Waals surface area contributed by atoms with Gasteiger partial charge in [-0.3, -0.25) is 9.55 Å². The summed E-state index contributed by atoms with van der Waals surface area (Å²) in [5.41, 5.74) is 3.73. The Hall–Kier alpha value is -3.94. The summed E-state index contributed by atoms with van der Waals surface area (Å²) in [6.07, 6.45) is 3.29. The third-order valence-electron chi connectivity index (χ3n) is 5.19. The number of aromatic amines is 1. The van der Waals surface area contributed by atoms with Gasteiger partial charge in [0.1, 0.15) is 5.75 Å². The van der Waals surface area contributed by atoms with Crippen LogP contribution in [0.1, 0.15) is 5.56 Å². The third kappa shape index (κ3) is 3.56. The number of aromatic nitrogens is 3. The molecular formula is C23H23N3O5. The van der Waals surface area contributed by atoms with Crippen molar-refractivity contribution in [3.63, 3.8) is 0 Å². The molecular weight excluding hydrogens is 398 g/mol. The van der Waals surface area contributed by atoms with E-state index in [-0.39, 0.29) is 5.69 Å². The first-order valence-corrected chi connectivity index (χ1v) is 9.60. The molecule has 2 heterocycles. The number of hydrogen-bond acceptors (Lipinski definition) is 6. The summed E-state index contributed by atoms with van der Waals surface area (Å²) in [7, 11) is 6.33. The van der Waals surface area contributed by atoms with Gasteiger partial charge >= 0.3 is 5.69 Å². The molecule has 0 aliphatic rings. The maximum atomic E-state index is 12.7. The fraction of sp³-hybridized carbons (Fsp3) is 0.217. The van der Waals surface area contributed by atoms with Crippen LogP contribution in [0.5, 0.6) is 23.0 Å². The Morgan fingerprint density at radius 3 is 2.32 bits per heavy atom. The summed E-state index contributed by atoms with van der Waals surface area (Å²) in [5, 5.41) is 0. The van der Waals surface area contributed by atoms with E-state index in [0.29, 0.717) is 29.3 Å². The zero-order valence-corrected chi connectivity index (χ0v) is 17.8. The minimum absolute atomic E-state index is 0.225. The Bertz CT molecular complexity index is 1280. The topological polar surface area (TPSA) is 87.6 Å². The monoisotopic (exact) mass is 421 g/mol. The number of nitrogens with one attached hydrogen (secondary N) is 1. The molecule has 160 valence electrons. The second-order valence-electron chi connectivity index (χ2n) is 6.82. The van der Waals surface area contributed by atoms with Crippen LogP contribution in [-0.2, 0) is 6.54 Å². The summed E-state index contributed by atoms with van der Waals surface area (Å²) in [5.74, 6) is 2.26. The van der Waals surface area contributed by atoms with Crippen molar-refractivity contribution < 1.29 is 18.9 Å². The molecule has 31 heavy (non-hydrogen) atoms. The molecule has 0 fully saturated rings. The molecule has 0 saturated heterocycles. The van der Waals surface area contributed by atoms with Gasteiger partial charge in [-0.05, 0) is 35.4 Å². The first-order valence-electron chi connectivity index (χ1n) is 9.60. The third-order valence-corrected chi connectivity index (χ3v) is 5.19. The summed E-state index contributed by atoms with van der Waals surface area (Å²) in [6.45, 7) is 0.293. The van der Waals surface area contributed by atoms with E-state index in [1.165, 1.54) is 0 Å². The van der Waals surface area contributed by atoms with Crippen molar-refractivity contribution in [2.24, 2.45) is 0 Å². The average Bonchev–Trinajstić information content (AvgIpc) is 3.13. The second kappa shape index (κ2) is 8.43. The number of ether oxygens (including phenoxy) is 4. The van der Waals surface area contributed by atoms with Crippen molar-refractivity contribution in [1.29, 1.82) is 0 Å². The van der Waals surface area contributed by atoms with Gasteiger partial charge in [0.15, 0.2) is 11.5 Å². The quantitative estimate of drug-likeness (QED) is 0.492. The van der Waals surface area contributed by atoms with Crippen molar-refractivity contribution in [3.8, 4) is 34.1 Å². The minimum Gasteiger partial charge on any atom is -0.497 e. The van der Waals surface area contributed by atoms with Gasteiger partial charge in [0.05, 0.1) is 52.2 Å². The van der Waals surface area contributed by atoms with Crippen molar-refractivity contribution in [2.45, 2.75) is 6.54 Å². The number of H-pyrrole nitrogens is 1. The van der Waals surface area contributed by atoms with Gasteiger partial charge in [-0.1, -0.05) is 12.1 Å². The van der Waals surface area contributed by atoms with E-state index in [2.05, 4.69) is 9.97 Å². The Morgan fingerprint density at radius 1 is 0.935 bits per heavy atom. The number of hydrogen-bond donors (Lipinski definition) is 1. The highest BCUT2D eigenvalue weighted by atomic mass is 16.5.